The fraction of sp³-hybridized carbons (Fsp3) is 0.348. The van der Waals surface area contributed by atoms with E-state index in [0.29, 0.717) is 18.3 Å². The number of carbonyl (C=O) groups is 1. The SMILES string of the molecule is CN(Cc1ccco1)C(=O)c1nn(C)c2c1CC(NCc1nc3ccccc3s1)CC2. The zero-order chi connectivity index (χ0) is 21.4. The first-order valence-corrected chi connectivity index (χ1v) is 11.3. The van der Waals surface area contributed by atoms with Crippen LogP contribution in [0.2, 0.25) is 0 Å². The van der Waals surface area contributed by atoms with Crippen molar-refractivity contribution in [2.24, 2.45) is 7.05 Å². The number of para-hydroxylation sites is 1. The molecule has 3 heterocycles. The highest BCUT2D eigenvalue weighted by Gasteiger charge is 2.29. The number of furan rings is 1. The van der Waals surface area contributed by atoms with Crippen molar-refractivity contribution in [2.75, 3.05) is 7.05 Å². The summed E-state index contributed by atoms with van der Waals surface area (Å²) in [5.74, 6) is 0.691. The quantitative estimate of drug-likeness (QED) is 0.501. The van der Waals surface area contributed by atoms with E-state index < -0.39 is 0 Å². The molecule has 8 heteroatoms. The molecule has 0 aliphatic heterocycles. The molecule has 1 aliphatic carbocycles. The highest BCUT2D eigenvalue weighted by atomic mass is 32.1. The van der Waals surface area contributed by atoms with E-state index in [1.165, 1.54) is 4.70 Å². The minimum Gasteiger partial charge on any atom is -0.467 e. The van der Waals surface area contributed by atoms with Crippen molar-refractivity contribution in [3.63, 3.8) is 0 Å². The third kappa shape index (κ3) is 4.00. The second kappa shape index (κ2) is 8.28. The summed E-state index contributed by atoms with van der Waals surface area (Å²) in [7, 11) is 3.72. The average molecular weight is 436 g/mol. The van der Waals surface area contributed by atoms with Gasteiger partial charge in [-0.15, -0.1) is 11.3 Å². The average Bonchev–Trinajstić information content (AvgIpc) is 3.50. The van der Waals surface area contributed by atoms with Crippen LogP contribution in [0.3, 0.4) is 0 Å². The lowest BCUT2D eigenvalue weighted by Crippen LogP contribution is -2.35. The predicted octanol–water partition coefficient (Wildman–Crippen LogP) is 3.54. The second-order valence-corrected chi connectivity index (χ2v) is 9.15. The van der Waals surface area contributed by atoms with Gasteiger partial charge in [-0.25, -0.2) is 4.98 Å². The molecule has 7 nitrogen and oxygen atoms in total. The molecule has 1 aromatic carbocycles. The monoisotopic (exact) mass is 435 g/mol. The largest absolute Gasteiger partial charge is 0.467 e. The maximum absolute atomic E-state index is 13.1. The zero-order valence-corrected chi connectivity index (χ0v) is 18.5. The van der Waals surface area contributed by atoms with Crippen LogP contribution in [0.1, 0.15) is 38.9 Å². The van der Waals surface area contributed by atoms with Gasteiger partial charge in [0.25, 0.3) is 5.91 Å². The first-order valence-electron chi connectivity index (χ1n) is 10.5. The summed E-state index contributed by atoms with van der Waals surface area (Å²) >= 11 is 1.73. The standard InChI is InChI=1S/C23H25N5O2S/c1-27(14-16-6-5-11-30-16)23(29)22-17-12-15(9-10-19(17)28(2)26-22)24-13-21-25-18-7-3-4-8-20(18)31-21/h3-8,11,15,24H,9-10,12-14H2,1-2H3. The van der Waals surface area contributed by atoms with Crippen molar-refractivity contribution in [1.82, 2.24) is 25.0 Å². The highest BCUT2D eigenvalue weighted by molar-refractivity contribution is 7.18. The summed E-state index contributed by atoms with van der Waals surface area (Å²) in [5, 5.41) is 9.32. The number of fused-ring (bicyclic) bond motifs is 2. The predicted molar refractivity (Wildman–Crippen MR) is 120 cm³/mol. The summed E-state index contributed by atoms with van der Waals surface area (Å²) < 4.78 is 8.47. The number of hydrogen-bond donors (Lipinski definition) is 1. The minimum atomic E-state index is -0.0694. The summed E-state index contributed by atoms with van der Waals surface area (Å²) in [6, 6.07) is 12.2. The van der Waals surface area contributed by atoms with E-state index in [4.69, 9.17) is 9.40 Å². The van der Waals surface area contributed by atoms with E-state index in [9.17, 15) is 4.79 Å². The Bertz CT molecular complexity index is 1180. The van der Waals surface area contributed by atoms with Crippen LogP contribution in [0.5, 0.6) is 0 Å². The van der Waals surface area contributed by atoms with Gasteiger partial charge in [0.1, 0.15) is 10.8 Å². The molecule has 4 aromatic rings. The van der Waals surface area contributed by atoms with Crippen LogP contribution >= 0.6 is 11.3 Å². The lowest BCUT2D eigenvalue weighted by Gasteiger charge is -2.24. The van der Waals surface area contributed by atoms with E-state index in [-0.39, 0.29) is 5.91 Å². The van der Waals surface area contributed by atoms with Gasteiger partial charge in [0.2, 0.25) is 0 Å². The van der Waals surface area contributed by atoms with E-state index in [1.54, 1.807) is 29.5 Å². The Hall–Kier alpha value is -2.97. The summed E-state index contributed by atoms with van der Waals surface area (Å²) in [5.41, 5.74) is 3.83. The molecule has 1 N–H and O–H groups in total. The molecule has 0 saturated carbocycles. The zero-order valence-electron chi connectivity index (χ0n) is 17.7. The van der Waals surface area contributed by atoms with Crippen molar-refractivity contribution >= 4 is 27.5 Å². The third-order valence-corrected chi connectivity index (χ3v) is 6.89. The Kier molecular flexibility index (Phi) is 5.33. The topological polar surface area (TPSA) is 76.2 Å². The number of nitrogens with one attached hydrogen (secondary N) is 1. The van der Waals surface area contributed by atoms with Crippen LogP contribution in [0.25, 0.3) is 10.2 Å². The summed E-state index contributed by atoms with van der Waals surface area (Å²) in [6.45, 7) is 1.16. The summed E-state index contributed by atoms with van der Waals surface area (Å²) in [4.78, 5) is 19.5. The Morgan fingerprint density at radius 1 is 1.32 bits per heavy atom. The van der Waals surface area contributed by atoms with E-state index in [1.807, 2.05) is 36.0 Å². The Morgan fingerprint density at radius 2 is 2.19 bits per heavy atom. The minimum absolute atomic E-state index is 0.0694. The molecule has 160 valence electrons. The van der Waals surface area contributed by atoms with Crippen LogP contribution in [0.4, 0.5) is 0 Å². The lowest BCUT2D eigenvalue weighted by molar-refractivity contribution is 0.0767. The molecule has 0 spiro atoms. The second-order valence-electron chi connectivity index (χ2n) is 8.03. The third-order valence-electron chi connectivity index (χ3n) is 5.86. The van der Waals surface area contributed by atoms with Gasteiger partial charge >= 0.3 is 0 Å². The number of aromatic nitrogens is 3. The Balaban J connectivity index is 1.29. The van der Waals surface area contributed by atoms with Gasteiger partial charge in [-0.2, -0.15) is 5.10 Å². The molecule has 0 saturated heterocycles. The number of aryl methyl sites for hydroxylation is 1. The molecule has 1 atom stereocenters. The fourth-order valence-electron chi connectivity index (χ4n) is 4.25. The van der Waals surface area contributed by atoms with Crippen molar-refractivity contribution < 1.29 is 9.21 Å². The van der Waals surface area contributed by atoms with Gasteiger partial charge in [-0.1, -0.05) is 12.1 Å². The molecule has 3 aromatic heterocycles. The van der Waals surface area contributed by atoms with Crippen molar-refractivity contribution in [3.8, 4) is 0 Å². The molecule has 1 aliphatic rings. The van der Waals surface area contributed by atoms with Crippen LogP contribution in [0.15, 0.2) is 47.1 Å². The number of carbonyl (C=O) groups excluding carboxylic acids is 1. The smallest absolute Gasteiger partial charge is 0.274 e. The van der Waals surface area contributed by atoms with Crippen LogP contribution in [-0.2, 0) is 33.0 Å². The molecule has 1 amide bonds. The number of thiazole rings is 1. The van der Waals surface area contributed by atoms with Gasteiger partial charge in [0, 0.05) is 37.9 Å². The molecular formula is C23H25N5O2S. The van der Waals surface area contributed by atoms with Crippen LogP contribution in [0, 0.1) is 0 Å². The molecular weight excluding hydrogens is 410 g/mol. The molecule has 0 radical (unpaired) electrons. The van der Waals surface area contributed by atoms with Gasteiger partial charge in [-0.3, -0.25) is 9.48 Å². The van der Waals surface area contributed by atoms with Crippen LogP contribution < -0.4 is 5.32 Å². The van der Waals surface area contributed by atoms with E-state index in [0.717, 1.165) is 53.3 Å². The first-order chi connectivity index (χ1) is 15.1. The molecule has 0 bridgehead atoms. The van der Waals surface area contributed by atoms with Crippen molar-refractivity contribution in [3.05, 3.63) is 70.4 Å². The maximum atomic E-state index is 13.1. The Morgan fingerprint density at radius 3 is 3.00 bits per heavy atom. The Labute approximate surface area is 184 Å². The van der Waals surface area contributed by atoms with E-state index >= 15 is 0 Å². The van der Waals surface area contributed by atoms with Gasteiger partial charge < -0.3 is 14.6 Å². The van der Waals surface area contributed by atoms with Crippen molar-refractivity contribution in [1.29, 1.82) is 0 Å². The van der Waals surface area contributed by atoms with Gasteiger partial charge in [-0.05, 0) is 43.5 Å². The first kappa shape index (κ1) is 20.0. The normalized spacial score (nSPS) is 15.9. The lowest BCUT2D eigenvalue weighted by atomic mass is 9.91. The van der Waals surface area contributed by atoms with Crippen molar-refractivity contribution in [2.45, 2.75) is 38.4 Å². The van der Waals surface area contributed by atoms with E-state index in [2.05, 4.69) is 22.5 Å². The highest BCUT2D eigenvalue weighted by Crippen LogP contribution is 2.27. The number of nitrogens with zero attached hydrogens (tertiary/aromatic N) is 4. The number of rotatable bonds is 6. The van der Waals surface area contributed by atoms with Gasteiger partial charge in [0.05, 0.1) is 23.0 Å². The molecule has 1 unspecified atom stereocenters. The number of hydrogen-bond acceptors (Lipinski definition) is 6. The fourth-order valence-corrected chi connectivity index (χ4v) is 5.17. The van der Waals surface area contributed by atoms with Gasteiger partial charge in [0.15, 0.2) is 5.69 Å². The maximum Gasteiger partial charge on any atom is 0.274 e. The molecule has 0 fully saturated rings. The van der Waals surface area contributed by atoms with Crippen LogP contribution in [-0.4, -0.2) is 38.7 Å². The molecule has 31 heavy (non-hydrogen) atoms. The molecule has 5 rings (SSSR count). The summed E-state index contributed by atoms with van der Waals surface area (Å²) in [6.07, 6.45) is 4.35. The number of benzene rings is 1. The number of amides is 1.